The van der Waals surface area contributed by atoms with E-state index >= 15 is 0 Å². The van der Waals surface area contributed by atoms with Crippen LogP contribution in [0.4, 0.5) is 0 Å². The molecule has 0 atom stereocenters. The third-order valence-electron chi connectivity index (χ3n) is 2.79. The number of aromatic amines is 1. The van der Waals surface area contributed by atoms with Crippen molar-refractivity contribution in [1.82, 2.24) is 9.97 Å². The van der Waals surface area contributed by atoms with Crippen LogP contribution in [0.3, 0.4) is 0 Å². The summed E-state index contributed by atoms with van der Waals surface area (Å²) >= 11 is 0. The van der Waals surface area contributed by atoms with Gasteiger partial charge in [0.15, 0.2) is 0 Å². The molecule has 13 heavy (non-hydrogen) atoms. The zero-order valence-electron chi connectivity index (χ0n) is 7.79. The van der Waals surface area contributed by atoms with Crippen molar-refractivity contribution in [3.8, 4) is 0 Å². The fraction of sp³-hybridized carbons (Fsp3) is 0.700. The standard InChI is InChI=1S/C10H16N2O/c13-6-5-10-11-7-9(12-10)8-3-1-2-4-8/h7-8,13H,1-6H2,(H,11,12). The number of imidazole rings is 1. The summed E-state index contributed by atoms with van der Waals surface area (Å²) in [6.07, 6.45) is 7.85. The summed E-state index contributed by atoms with van der Waals surface area (Å²) in [6, 6.07) is 0. The number of rotatable bonds is 3. The number of H-pyrrole nitrogens is 1. The van der Waals surface area contributed by atoms with E-state index in [1.165, 1.54) is 31.4 Å². The number of hydrogen-bond acceptors (Lipinski definition) is 2. The van der Waals surface area contributed by atoms with Gasteiger partial charge in [-0.05, 0) is 12.8 Å². The zero-order chi connectivity index (χ0) is 9.10. The maximum Gasteiger partial charge on any atom is 0.108 e. The molecule has 1 aromatic heterocycles. The van der Waals surface area contributed by atoms with Crippen molar-refractivity contribution < 1.29 is 5.11 Å². The minimum Gasteiger partial charge on any atom is -0.396 e. The van der Waals surface area contributed by atoms with Gasteiger partial charge >= 0.3 is 0 Å². The van der Waals surface area contributed by atoms with Crippen LogP contribution in [0.1, 0.15) is 43.1 Å². The monoisotopic (exact) mass is 180 g/mol. The van der Waals surface area contributed by atoms with Crippen molar-refractivity contribution in [2.45, 2.75) is 38.0 Å². The van der Waals surface area contributed by atoms with E-state index in [9.17, 15) is 0 Å². The topological polar surface area (TPSA) is 48.9 Å². The molecule has 1 aliphatic rings. The van der Waals surface area contributed by atoms with Gasteiger partial charge in [-0.25, -0.2) is 4.98 Å². The van der Waals surface area contributed by atoms with Crippen LogP contribution in [0.5, 0.6) is 0 Å². The van der Waals surface area contributed by atoms with Gasteiger partial charge in [0.1, 0.15) is 5.82 Å². The number of aliphatic hydroxyl groups excluding tert-OH is 1. The molecule has 0 radical (unpaired) electrons. The Kier molecular flexibility index (Phi) is 2.64. The number of nitrogens with one attached hydrogen (secondary N) is 1. The highest BCUT2D eigenvalue weighted by Gasteiger charge is 2.18. The van der Waals surface area contributed by atoms with E-state index in [-0.39, 0.29) is 6.61 Å². The normalized spacial score (nSPS) is 18.2. The Morgan fingerprint density at radius 2 is 2.23 bits per heavy atom. The summed E-state index contributed by atoms with van der Waals surface area (Å²) in [5.74, 6) is 1.62. The molecule has 1 saturated carbocycles. The van der Waals surface area contributed by atoms with Gasteiger partial charge in [0.2, 0.25) is 0 Å². The first-order chi connectivity index (χ1) is 6.40. The molecule has 0 saturated heterocycles. The second-order valence-electron chi connectivity index (χ2n) is 3.74. The first kappa shape index (κ1) is 8.75. The summed E-state index contributed by atoms with van der Waals surface area (Å²) in [7, 11) is 0. The minimum atomic E-state index is 0.178. The fourth-order valence-electron chi connectivity index (χ4n) is 2.06. The predicted molar refractivity (Wildman–Crippen MR) is 50.6 cm³/mol. The molecule has 1 aromatic rings. The van der Waals surface area contributed by atoms with E-state index in [0.29, 0.717) is 12.3 Å². The Balaban J connectivity index is 2.03. The van der Waals surface area contributed by atoms with E-state index in [0.717, 1.165) is 5.82 Å². The first-order valence-corrected chi connectivity index (χ1v) is 5.05. The van der Waals surface area contributed by atoms with Gasteiger partial charge in [-0.2, -0.15) is 0 Å². The Bertz CT molecular complexity index is 264. The van der Waals surface area contributed by atoms with Crippen LogP contribution in [-0.4, -0.2) is 21.7 Å². The summed E-state index contributed by atoms with van der Waals surface area (Å²) in [5, 5.41) is 8.73. The molecule has 2 N–H and O–H groups in total. The Morgan fingerprint density at radius 3 is 2.92 bits per heavy atom. The van der Waals surface area contributed by atoms with Crippen molar-refractivity contribution in [2.24, 2.45) is 0 Å². The smallest absolute Gasteiger partial charge is 0.108 e. The molecule has 0 spiro atoms. The van der Waals surface area contributed by atoms with Gasteiger partial charge in [-0.3, -0.25) is 0 Å². The minimum absolute atomic E-state index is 0.178. The van der Waals surface area contributed by atoms with Crippen LogP contribution in [0.25, 0.3) is 0 Å². The average Bonchev–Trinajstić information content (AvgIpc) is 2.70. The molecule has 0 aromatic carbocycles. The van der Waals surface area contributed by atoms with Crippen LogP contribution in [0.15, 0.2) is 6.20 Å². The molecular weight excluding hydrogens is 164 g/mol. The van der Waals surface area contributed by atoms with E-state index in [1.807, 2.05) is 6.20 Å². The molecule has 72 valence electrons. The highest BCUT2D eigenvalue weighted by atomic mass is 16.3. The Hall–Kier alpha value is -0.830. The lowest BCUT2D eigenvalue weighted by Gasteiger charge is -2.03. The fourth-order valence-corrected chi connectivity index (χ4v) is 2.06. The van der Waals surface area contributed by atoms with Gasteiger partial charge in [0.05, 0.1) is 6.61 Å². The molecule has 1 aliphatic carbocycles. The van der Waals surface area contributed by atoms with E-state index in [4.69, 9.17) is 5.11 Å². The second kappa shape index (κ2) is 3.92. The molecule has 3 nitrogen and oxygen atoms in total. The number of hydrogen-bond donors (Lipinski definition) is 2. The number of nitrogens with zero attached hydrogens (tertiary/aromatic N) is 1. The molecule has 3 heteroatoms. The van der Waals surface area contributed by atoms with Crippen molar-refractivity contribution in [3.05, 3.63) is 17.7 Å². The number of aliphatic hydroxyl groups is 1. The lowest BCUT2D eigenvalue weighted by atomic mass is 10.1. The molecule has 1 fully saturated rings. The molecule has 0 amide bonds. The quantitative estimate of drug-likeness (QED) is 0.742. The Morgan fingerprint density at radius 1 is 1.46 bits per heavy atom. The van der Waals surface area contributed by atoms with Gasteiger partial charge < -0.3 is 10.1 Å². The third-order valence-corrected chi connectivity index (χ3v) is 2.79. The van der Waals surface area contributed by atoms with E-state index < -0.39 is 0 Å². The third kappa shape index (κ3) is 1.91. The summed E-state index contributed by atoms with van der Waals surface area (Å²) in [4.78, 5) is 7.52. The van der Waals surface area contributed by atoms with Crippen molar-refractivity contribution in [1.29, 1.82) is 0 Å². The predicted octanol–water partition coefficient (Wildman–Crippen LogP) is 1.60. The summed E-state index contributed by atoms with van der Waals surface area (Å²) in [5.41, 5.74) is 1.26. The van der Waals surface area contributed by atoms with Crippen LogP contribution in [0, 0.1) is 0 Å². The average molecular weight is 180 g/mol. The lowest BCUT2D eigenvalue weighted by Crippen LogP contribution is -1.95. The van der Waals surface area contributed by atoms with Gasteiger partial charge in [-0.15, -0.1) is 0 Å². The van der Waals surface area contributed by atoms with Gasteiger partial charge in [0, 0.05) is 24.2 Å². The largest absolute Gasteiger partial charge is 0.396 e. The maximum atomic E-state index is 8.73. The highest BCUT2D eigenvalue weighted by molar-refractivity contribution is 5.09. The van der Waals surface area contributed by atoms with Crippen LogP contribution >= 0.6 is 0 Å². The van der Waals surface area contributed by atoms with Crippen LogP contribution < -0.4 is 0 Å². The summed E-state index contributed by atoms with van der Waals surface area (Å²) < 4.78 is 0. The first-order valence-electron chi connectivity index (χ1n) is 5.05. The van der Waals surface area contributed by atoms with Crippen LogP contribution in [0.2, 0.25) is 0 Å². The molecule has 0 aliphatic heterocycles. The van der Waals surface area contributed by atoms with Gasteiger partial charge in [0.25, 0.3) is 0 Å². The van der Waals surface area contributed by atoms with Crippen molar-refractivity contribution >= 4 is 0 Å². The summed E-state index contributed by atoms with van der Waals surface area (Å²) in [6.45, 7) is 0.178. The maximum absolute atomic E-state index is 8.73. The van der Waals surface area contributed by atoms with E-state index in [1.54, 1.807) is 0 Å². The molecule has 2 rings (SSSR count). The molecule has 0 unspecified atom stereocenters. The molecule has 1 heterocycles. The molecule has 0 bridgehead atoms. The van der Waals surface area contributed by atoms with Gasteiger partial charge in [-0.1, -0.05) is 12.8 Å². The van der Waals surface area contributed by atoms with Crippen molar-refractivity contribution in [3.63, 3.8) is 0 Å². The SMILES string of the molecule is OCCc1ncc(C2CCCC2)[nH]1. The lowest BCUT2D eigenvalue weighted by molar-refractivity contribution is 0.297. The molecular formula is C10H16N2O. The highest BCUT2D eigenvalue weighted by Crippen LogP contribution is 2.32. The van der Waals surface area contributed by atoms with Crippen LogP contribution in [-0.2, 0) is 6.42 Å². The number of aromatic nitrogens is 2. The van der Waals surface area contributed by atoms with Crippen molar-refractivity contribution in [2.75, 3.05) is 6.61 Å². The Labute approximate surface area is 78.2 Å². The second-order valence-corrected chi connectivity index (χ2v) is 3.74. The zero-order valence-corrected chi connectivity index (χ0v) is 7.79. The van der Waals surface area contributed by atoms with E-state index in [2.05, 4.69) is 9.97 Å².